The number of hydrogen-bond acceptors (Lipinski definition) is 4. The number of rotatable bonds is 2. The number of carbonyl (C=O) groups excluding carboxylic acids is 2. The second-order valence-corrected chi connectivity index (χ2v) is 6.00. The van der Waals surface area contributed by atoms with E-state index in [1.165, 1.54) is 6.42 Å². The highest BCUT2D eigenvalue weighted by Gasteiger charge is 2.30. The van der Waals surface area contributed by atoms with Gasteiger partial charge in [-0.05, 0) is 26.2 Å². The summed E-state index contributed by atoms with van der Waals surface area (Å²) in [6, 6.07) is 6.82. The van der Waals surface area contributed by atoms with Crippen LogP contribution in [0.4, 0.5) is 0 Å². The monoisotopic (exact) mass is 299 g/mol. The van der Waals surface area contributed by atoms with Gasteiger partial charge in [-0.2, -0.15) is 0 Å². The van der Waals surface area contributed by atoms with Crippen LogP contribution >= 0.6 is 0 Å². The van der Waals surface area contributed by atoms with Crippen molar-refractivity contribution in [1.82, 2.24) is 10.2 Å². The second kappa shape index (κ2) is 6.30. The Morgan fingerprint density at radius 1 is 1.18 bits per heavy atom. The zero-order valence-corrected chi connectivity index (χ0v) is 12.8. The molecule has 1 aromatic rings. The first kappa shape index (κ1) is 14.8. The van der Waals surface area contributed by atoms with E-state index in [1.54, 1.807) is 12.1 Å². The predicted octanol–water partition coefficient (Wildman–Crippen LogP) is 1.91. The van der Waals surface area contributed by atoms with Gasteiger partial charge in [0.1, 0.15) is 6.04 Å². The van der Waals surface area contributed by atoms with Crippen molar-refractivity contribution in [3.8, 4) is 0 Å². The molecule has 116 valence electrons. The molecule has 0 spiro atoms. The van der Waals surface area contributed by atoms with Gasteiger partial charge in [-0.1, -0.05) is 29.8 Å². The van der Waals surface area contributed by atoms with Crippen molar-refractivity contribution in [1.29, 1.82) is 0 Å². The molecule has 0 aromatic heterocycles. The van der Waals surface area contributed by atoms with Crippen LogP contribution in [0.1, 0.15) is 41.6 Å². The number of ketones is 1. The molecule has 1 atom stereocenters. The first-order chi connectivity index (χ1) is 10.6. The molecular weight excluding hydrogens is 278 g/mol. The van der Waals surface area contributed by atoms with Crippen molar-refractivity contribution in [2.24, 2.45) is 4.99 Å². The van der Waals surface area contributed by atoms with Crippen LogP contribution in [0.5, 0.6) is 0 Å². The Balaban J connectivity index is 1.80. The number of piperidine rings is 1. The minimum atomic E-state index is -0.603. The number of hydrogen-bond donors (Lipinski definition) is 1. The third-order valence-electron chi connectivity index (χ3n) is 4.20. The van der Waals surface area contributed by atoms with E-state index in [9.17, 15) is 9.59 Å². The zero-order chi connectivity index (χ0) is 15.5. The fourth-order valence-electron chi connectivity index (χ4n) is 2.90. The maximum Gasteiger partial charge on any atom is 0.229 e. The van der Waals surface area contributed by atoms with Crippen LogP contribution in [0, 0.1) is 6.92 Å². The molecule has 2 aliphatic heterocycles. The number of carbonyl (C=O) groups is 2. The van der Waals surface area contributed by atoms with Crippen LogP contribution in [0.2, 0.25) is 0 Å². The number of likely N-dealkylation sites (tertiary alicyclic amines) is 1. The van der Waals surface area contributed by atoms with Gasteiger partial charge in [-0.15, -0.1) is 0 Å². The highest BCUT2D eigenvalue weighted by molar-refractivity contribution is 6.08. The normalized spacial score (nSPS) is 22.0. The summed E-state index contributed by atoms with van der Waals surface area (Å²) in [5.74, 6) is 0.367. The lowest BCUT2D eigenvalue weighted by Crippen LogP contribution is -2.51. The Labute approximate surface area is 130 Å². The third-order valence-corrected chi connectivity index (χ3v) is 4.20. The molecule has 2 heterocycles. The molecule has 0 radical (unpaired) electrons. The average molecular weight is 299 g/mol. The van der Waals surface area contributed by atoms with E-state index in [4.69, 9.17) is 0 Å². The Kier molecular flexibility index (Phi) is 4.22. The molecule has 0 bridgehead atoms. The maximum atomic E-state index is 12.6. The number of nitrogens with one attached hydrogen (secondary N) is 1. The van der Waals surface area contributed by atoms with Crippen molar-refractivity contribution in [2.75, 3.05) is 13.1 Å². The van der Waals surface area contributed by atoms with Crippen molar-refractivity contribution in [2.45, 2.75) is 38.6 Å². The second-order valence-electron chi connectivity index (χ2n) is 6.00. The minimum absolute atomic E-state index is 0.0793. The summed E-state index contributed by atoms with van der Waals surface area (Å²) >= 11 is 0. The van der Waals surface area contributed by atoms with E-state index in [0.717, 1.165) is 31.5 Å². The van der Waals surface area contributed by atoms with Gasteiger partial charge in [0.15, 0.2) is 5.78 Å². The number of guanidine groups is 1. The van der Waals surface area contributed by atoms with Gasteiger partial charge in [-0.25, -0.2) is 4.99 Å². The summed E-state index contributed by atoms with van der Waals surface area (Å²) in [5.41, 5.74) is 1.72. The Morgan fingerprint density at radius 2 is 1.86 bits per heavy atom. The summed E-state index contributed by atoms with van der Waals surface area (Å²) in [7, 11) is 0. The first-order valence-corrected chi connectivity index (χ1v) is 7.87. The van der Waals surface area contributed by atoms with E-state index >= 15 is 0 Å². The number of aryl methyl sites for hydroxylation is 1. The Hall–Kier alpha value is -2.17. The molecule has 1 aromatic carbocycles. The summed E-state index contributed by atoms with van der Waals surface area (Å²) in [6.07, 6.45) is 3.55. The fourth-order valence-corrected chi connectivity index (χ4v) is 2.90. The van der Waals surface area contributed by atoms with E-state index in [-0.39, 0.29) is 18.1 Å². The first-order valence-electron chi connectivity index (χ1n) is 7.87. The van der Waals surface area contributed by atoms with Gasteiger partial charge < -0.3 is 4.90 Å². The number of Topliss-reactive ketones (excluding diaryl/α,β-unsaturated/α-hetero) is 1. The Morgan fingerprint density at radius 3 is 2.55 bits per heavy atom. The number of nitrogens with zero attached hydrogens (tertiary/aromatic N) is 2. The maximum absolute atomic E-state index is 12.6. The number of amides is 1. The van der Waals surface area contributed by atoms with Crippen LogP contribution in [0.25, 0.3) is 0 Å². The van der Waals surface area contributed by atoms with Crippen LogP contribution in [-0.2, 0) is 4.79 Å². The van der Waals surface area contributed by atoms with Crippen LogP contribution < -0.4 is 5.32 Å². The van der Waals surface area contributed by atoms with E-state index in [0.29, 0.717) is 11.5 Å². The van der Waals surface area contributed by atoms with E-state index < -0.39 is 6.04 Å². The van der Waals surface area contributed by atoms with Crippen molar-refractivity contribution < 1.29 is 9.59 Å². The quantitative estimate of drug-likeness (QED) is 0.849. The van der Waals surface area contributed by atoms with Gasteiger partial charge in [0, 0.05) is 18.7 Å². The Bertz CT molecular complexity index is 601. The van der Waals surface area contributed by atoms with E-state index in [2.05, 4.69) is 15.2 Å². The van der Waals surface area contributed by atoms with Crippen molar-refractivity contribution >= 4 is 17.6 Å². The highest BCUT2D eigenvalue weighted by Crippen LogP contribution is 2.16. The van der Waals surface area contributed by atoms with Crippen LogP contribution in [0.3, 0.4) is 0 Å². The lowest BCUT2D eigenvalue weighted by atomic mass is 10.00. The lowest BCUT2D eigenvalue weighted by molar-refractivity contribution is -0.120. The van der Waals surface area contributed by atoms with Gasteiger partial charge >= 0.3 is 0 Å². The molecule has 3 rings (SSSR count). The molecule has 1 fully saturated rings. The molecule has 5 nitrogen and oxygen atoms in total. The molecule has 1 saturated heterocycles. The summed E-state index contributed by atoms with van der Waals surface area (Å²) < 4.78 is 0. The largest absolute Gasteiger partial charge is 0.343 e. The topological polar surface area (TPSA) is 61.8 Å². The van der Waals surface area contributed by atoms with Crippen LogP contribution in [-0.4, -0.2) is 41.7 Å². The fraction of sp³-hybridized carbons (Fsp3) is 0.471. The average Bonchev–Trinajstić information content (AvgIpc) is 2.55. The lowest BCUT2D eigenvalue weighted by Gasteiger charge is -2.32. The van der Waals surface area contributed by atoms with Crippen LogP contribution in [0.15, 0.2) is 29.3 Å². The molecule has 5 heteroatoms. The minimum Gasteiger partial charge on any atom is -0.343 e. The molecule has 0 saturated carbocycles. The number of aliphatic imine (C=N–C) groups is 1. The summed E-state index contributed by atoms with van der Waals surface area (Å²) in [4.78, 5) is 31.1. The summed E-state index contributed by atoms with van der Waals surface area (Å²) in [5, 5.41) is 2.82. The van der Waals surface area contributed by atoms with E-state index in [1.807, 2.05) is 19.1 Å². The van der Waals surface area contributed by atoms with Crippen molar-refractivity contribution in [3.05, 3.63) is 35.4 Å². The summed E-state index contributed by atoms with van der Waals surface area (Å²) in [6.45, 7) is 3.77. The standard InChI is InChI=1S/C17H21N3O2/c1-12-5-7-13(8-6-12)16(22)14-11-15(21)19-17(18-14)20-9-3-2-4-10-20/h5-8,14H,2-4,9-11H2,1H3,(H,18,19,21). The van der Waals surface area contributed by atoms with Gasteiger partial charge in [0.2, 0.25) is 11.9 Å². The molecule has 1 N–H and O–H groups in total. The molecular formula is C17H21N3O2. The molecule has 1 unspecified atom stereocenters. The van der Waals surface area contributed by atoms with Gasteiger partial charge in [-0.3, -0.25) is 14.9 Å². The molecule has 0 aliphatic carbocycles. The predicted molar refractivity (Wildman–Crippen MR) is 84.9 cm³/mol. The van der Waals surface area contributed by atoms with Crippen molar-refractivity contribution in [3.63, 3.8) is 0 Å². The van der Waals surface area contributed by atoms with Gasteiger partial charge in [0.05, 0.1) is 6.42 Å². The highest BCUT2D eigenvalue weighted by atomic mass is 16.2. The smallest absolute Gasteiger partial charge is 0.229 e. The molecule has 1 amide bonds. The zero-order valence-electron chi connectivity index (χ0n) is 12.8. The van der Waals surface area contributed by atoms with Gasteiger partial charge in [0.25, 0.3) is 0 Å². The molecule has 2 aliphatic rings. The molecule has 22 heavy (non-hydrogen) atoms. The SMILES string of the molecule is Cc1ccc(C(=O)C2CC(=O)NC(N3CCCCC3)=N2)cc1. The number of benzene rings is 1. The third kappa shape index (κ3) is 3.18.